The van der Waals surface area contributed by atoms with E-state index in [4.69, 9.17) is 0 Å². The van der Waals surface area contributed by atoms with Crippen molar-refractivity contribution < 1.29 is 9.59 Å². The highest BCUT2D eigenvalue weighted by Gasteiger charge is 2.21. The summed E-state index contributed by atoms with van der Waals surface area (Å²) in [6.45, 7) is 9.21. The molecule has 0 aliphatic rings. The maximum absolute atomic E-state index is 12.3. The molecule has 1 amide bonds. The van der Waals surface area contributed by atoms with Crippen LogP contribution in [0.4, 0.5) is 11.9 Å². The number of carbonyl (C=O) groups excluding carboxylic acids is 2. The van der Waals surface area contributed by atoms with Gasteiger partial charge in [-0.05, 0) is 39.5 Å². The van der Waals surface area contributed by atoms with Crippen molar-refractivity contribution in [3.63, 3.8) is 0 Å². The lowest BCUT2D eigenvalue weighted by molar-refractivity contribution is -0.122. The van der Waals surface area contributed by atoms with Crippen molar-refractivity contribution >= 4 is 47.3 Å². The second kappa shape index (κ2) is 9.67. The van der Waals surface area contributed by atoms with Crippen LogP contribution < -0.4 is 16.0 Å². The molecule has 0 spiro atoms. The van der Waals surface area contributed by atoms with E-state index in [-0.39, 0.29) is 34.0 Å². The van der Waals surface area contributed by atoms with Gasteiger partial charge in [-0.1, -0.05) is 0 Å². The fourth-order valence-electron chi connectivity index (χ4n) is 1.63. The van der Waals surface area contributed by atoms with Gasteiger partial charge in [0.1, 0.15) is 6.04 Å². The molecule has 1 aromatic rings. The predicted octanol–water partition coefficient (Wildman–Crippen LogP) is 1.57. The Morgan fingerprint density at radius 1 is 1.04 bits per heavy atom. The average Bonchev–Trinajstić information content (AvgIpc) is 2.42. The van der Waals surface area contributed by atoms with Crippen LogP contribution in [0, 0.1) is 0 Å². The van der Waals surface area contributed by atoms with Crippen LogP contribution in [0.3, 0.4) is 0 Å². The molecule has 0 bridgehead atoms. The van der Waals surface area contributed by atoms with Gasteiger partial charge in [0.2, 0.25) is 28.1 Å². The van der Waals surface area contributed by atoms with Crippen molar-refractivity contribution in [3.05, 3.63) is 0 Å². The van der Waals surface area contributed by atoms with Crippen molar-refractivity contribution in [2.45, 2.75) is 57.9 Å². The lowest BCUT2D eigenvalue weighted by Crippen LogP contribution is -2.39. The zero-order chi connectivity index (χ0) is 18.3. The smallest absolute Gasteiger partial charge is 0.228 e. The van der Waals surface area contributed by atoms with E-state index in [9.17, 15) is 9.59 Å². The Balaban J connectivity index is 2.99. The van der Waals surface area contributed by atoms with Crippen LogP contribution in [0.1, 0.15) is 34.6 Å². The van der Waals surface area contributed by atoms with E-state index in [0.717, 1.165) is 11.8 Å². The monoisotopic (exact) mass is 372 g/mol. The first kappa shape index (κ1) is 20.5. The number of thiol groups is 1. The summed E-state index contributed by atoms with van der Waals surface area (Å²) >= 11 is 4.96. The molecule has 3 N–H and O–H groups in total. The molecule has 0 aliphatic heterocycles. The Bertz CT molecular complexity index is 554. The predicted molar refractivity (Wildman–Crippen MR) is 99.7 cm³/mol. The number of amides is 1. The zero-order valence-electron chi connectivity index (χ0n) is 14.5. The molecule has 134 valence electrons. The molecule has 0 unspecified atom stereocenters. The second-order valence-corrected chi connectivity index (χ2v) is 7.06. The number of hydrogen-bond donors (Lipinski definition) is 4. The van der Waals surface area contributed by atoms with Crippen LogP contribution in [0.25, 0.3) is 0 Å². The summed E-state index contributed by atoms with van der Waals surface area (Å²) < 4.78 is 0. The maximum atomic E-state index is 12.3. The minimum Gasteiger partial charge on any atom is -0.352 e. The normalized spacial score (nSPS) is 12.2. The number of carbonyl (C=O) groups is 2. The molecule has 1 aromatic heterocycles. The van der Waals surface area contributed by atoms with Gasteiger partial charge in [0.15, 0.2) is 0 Å². The first-order chi connectivity index (χ1) is 11.2. The summed E-state index contributed by atoms with van der Waals surface area (Å²) in [5, 5.41) is 8.73. The Hall–Kier alpha value is -1.55. The molecular weight excluding hydrogens is 348 g/mol. The molecule has 8 nitrogen and oxygen atoms in total. The van der Waals surface area contributed by atoms with Gasteiger partial charge in [-0.2, -0.15) is 27.6 Å². The fourth-order valence-corrected chi connectivity index (χ4v) is 2.74. The quantitative estimate of drug-likeness (QED) is 0.402. The van der Waals surface area contributed by atoms with Gasteiger partial charge in [-0.3, -0.25) is 9.59 Å². The van der Waals surface area contributed by atoms with Crippen LogP contribution >= 0.6 is 24.4 Å². The first-order valence-electron chi connectivity index (χ1n) is 7.60. The van der Waals surface area contributed by atoms with Crippen molar-refractivity contribution in [2.24, 2.45) is 0 Å². The van der Waals surface area contributed by atoms with E-state index < -0.39 is 6.04 Å². The van der Waals surface area contributed by atoms with E-state index in [0.29, 0.717) is 11.9 Å². The Labute approximate surface area is 151 Å². The van der Waals surface area contributed by atoms with E-state index in [1.54, 1.807) is 0 Å². The van der Waals surface area contributed by atoms with Gasteiger partial charge in [-0.25, -0.2) is 0 Å². The molecule has 0 aliphatic carbocycles. The van der Waals surface area contributed by atoms with Crippen LogP contribution in [0.5, 0.6) is 0 Å². The molecule has 0 aromatic carbocycles. The van der Waals surface area contributed by atoms with Gasteiger partial charge in [0.25, 0.3) is 0 Å². The molecule has 0 fully saturated rings. The molecule has 0 radical (unpaired) electrons. The van der Waals surface area contributed by atoms with Gasteiger partial charge >= 0.3 is 0 Å². The third kappa shape index (κ3) is 7.35. The van der Waals surface area contributed by atoms with Gasteiger partial charge in [0.05, 0.1) is 0 Å². The fraction of sp³-hybridized carbons (Fsp3) is 0.643. The van der Waals surface area contributed by atoms with Crippen molar-refractivity contribution in [2.75, 3.05) is 16.4 Å². The topological polar surface area (TPSA) is 109 Å². The van der Waals surface area contributed by atoms with Gasteiger partial charge in [-0.15, -0.1) is 0 Å². The highest BCUT2D eigenvalue weighted by molar-refractivity contribution is 8.13. The zero-order valence-corrected chi connectivity index (χ0v) is 16.2. The minimum atomic E-state index is -0.699. The lowest BCUT2D eigenvalue weighted by atomic mass is 10.4. The summed E-state index contributed by atoms with van der Waals surface area (Å²) in [7, 11) is 0. The maximum Gasteiger partial charge on any atom is 0.228 e. The van der Waals surface area contributed by atoms with E-state index in [2.05, 4.69) is 43.5 Å². The average molecular weight is 373 g/mol. The number of thioether (sulfide) groups is 1. The standard InChI is InChI=1S/C14H24N6O2S2/c1-7(2)15-12-18-13(16-8(3)4)20-14(19-12)24-11(22)10(6-23)17-9(5)21/h7-8,10,23H,6H2,1-5H3,(H,17,21)(H2,15,16,18,19,20)/t10-/m0/s1. The number of hydrogen-bond acceptors (Lipinski definition) is 9. The third-order valence-electron chi connectivity index (χ3n) is 2.49. The molecule has 1 atom stereocenters. The summed E-state index contributed by atoms with van der Waals surface area (Å²) in [6.07, 6.45) is 0. The molecular formula is C14H24N6O2S2. The summed E-state index contributed by atoms with van der Waals surface area (Å²) in [6, 6.07) is -0.426. The van der Waals surface area contributed by atoms with Crippen molar-refractivity contribution in [1.82, 2.24) is 20.3 Å². The van der Waals surface area contributed by atoms with Gasteiger partial charge < -0.3 is 16.0 Å². The van der Waals surface area contributed by atoms with E-state index >= 15 is 0 Å². The van der Waals surface area contributed by atoms with Crippen LogP contribution in [-0.4, -0.2) is 49.9 Å². The number of rotatable bonds is 8. The van der Waals surface area contributed by atoms with Crippen molar-refractivity contribution in [3.8, 4) is 0 Å². The van der Waals surface area contributed by atoms with Crippen LogP contribution in [0.2, 0.25) is 0 Å². The van der Waals surface area contributed by atoms with Gasteiger partial charge in [0, 0.05) is 24.8 Å². The SMILES string of the molecule is CC(=O)N[C@@H](CS)C(=O)Sc1nc(NC(C)C)nc(NC(C)C)n1. The Kier molecular flexibility index (Phi) is 8.26. The number of anilines is 2. The molecule has 1 heterocycles. The highest BCUT2D eigenvalue weighted by Crippen LogP contribution is 2.20. The molecule has 10 heteroatoms. The Morgan fingerprint density at radius 2 is 1.54 bits per heavy atom. The summed E-state index contributed by atoms with van der Waals surface area (Å²) in [5.41, 5.74) is 0. The lowest BCUT2D eigenvalue weighted by Gasteiger charge is -2.15. The first-order valence-corrected chi connectivity index (χ1v) is 9.05. The van der Waals surface area contributed by atoms with E-state index in [1.165, 1.54) is 6.92 Å². The van der Waals surface area contributed by atoms with Crippen molar-refractivity contribution in [1.29, 1.82) is 0 Å². The molecule has 0 saturated heterocycles. The summed E-state index contributed by atoms with van der Waals surface area (Å²) in [4.78, 5) is 36.2. The second-order valence-electron chi connectivity index (χ2n) is 5.72. The largest absolute Gasteiger partial charge is 0.352 e. The van der Waals surface area contributed by atoms with Crippen LogP contribution in [-0.2, 0) is 9.59 Å². The molecule has 1 rings (SSSR count). The molecule has 0 saturated carbocycles. The Morgan fingerprint density at radius 3 is 1.92 bits per heavy atom. The number of aromatic nitrogens is 3. The minimum absolute atomic E-state index is 0.137. The van der Waals surface area contributed by atoms with E-state index in [1.807, 2.05) is 27.7 Å². The van der Waals surface area contributed by atoms with Crippen LogP contribution in [0.15, 0.2) is 5.16 Å². The third-order valence-corrected chi connectivity index (χ3v) is 3.70. The highest BCUT2D eigenvalue weighted by atomic mass is 32.2. The summed E-state index contributed by atoms with van der Waals surface area (Å²) in [5.74, 6) is 0.689. The number of nitrogens with zero attached hydrogens (tertiary/aromatic N) is 3. The number of nitrogens with one attached hydrogen (secondary N) is 3. The molecule has 24 heavy (non-hydrogen) atoms.